The lowest BCUT2D eigenvalue weighted by molar-refractivity contribution is -0.114. The van der Waals surface area contributed by atoms with Crippen molar-refractivity contribution in [3.05, 3.63) is 47.6 Å². The first-order valence-corrected chi connectivity index (χ1v) is 8.03. The molecule has 0 aliphatic rings. The molecule has 0 saturated carbocycles. The Bertz CT molecular complexity index is 882. The number of benzene rings is 1. The van der Waals surface area contributed by atoms with Crippen molar-refractivity contribution in [2.45, 2.75) is 6.92 Å². The summed E-state index contributed by atoms with van der Waals surface area (Å²) in [5.74, 6) is -0.359. The number of aromatic nitrogens is 3. The molecule has 3 rings (SSSR count). The molecule has 0 spiro atoms. The van der Waals surface area contributed by atoms with Gasteiger partial charge in [-0.05, 0) is 12.1 Å². The van der Waals surface area contributed by atoms with Crippen LogP contribution in [0, 0.1) is 0 Å². The van der Waals surface area contributed by atoms with E-state index >= 15 is 0 Å². The minimum Gasteiger partial charge on any atom is -0.326 e. The van der Waals surface area contributed by atoms with Crippen molar-refractivity contribution < 1.29 is 9.59 Å². The van der Waals surface area contributed by atoms with Crippen LogP contribution in [0.25, 0.3) is 11.3 Å². The Kier molecular flexibility index (Phi) is 4.39. The van der Waals surface area contributed by atoms with E-state index < -0.39 is 0 Å². The monoisotopic (exact) mass is 341 g/mol. The Morgan fingerprint density at radius 1 is 1.17 bits per heavy atom. The number of rotatable bonds is 4. The molecule has 3 aromatic rings. The number of anilines is 2. The molecule has 0 bridgehead atoms. The van der Waals surface area contributed by atoms with Gasteiger partial charge in [-0.2, -0.15) is 5.10 Å². The first kappa shape index (κ1) is 15.9. The van der Waals surface area contributed by atoms with Gasteiger partial charge >= 0.3 is 0 Å². The second-order valence-corrected chi connectivity index (χ2v) is 6.01. The van der Waals surface area contributed by atoms with Crippen LogP contribution in [0.15, 0.2) is 42.0 Å². The highest BCUT2D eigenvalue weighted by Crippen LogP contribution is 2.26. The lowest BCUT2D eigenvalue weighted by atomic mass is 10.1. The minimum atomic E-state index is -0.245. The third-order valence-corrected chi connectivity index (χ3v) is 3.95. The fourth-order valence-electron chi connectivity index (χ4n) is 2.10. The van der Waals surface area contributed by atoms with Crippen LogP contribution in [0.3, 0.4) is 0 Å². The Morgan fingerprint density at radius 3 is 2.54 bits per heavy atom. The van der Waals surface area contributed by atoms with Crippen molar-refractivity contribution >= 4 is 34.0 Å². The van der Waals surface area contributed by atoms with E-state index in [1.54, 1.807) is 17.9 Å². The Balaban J connectivity index is 1.71. The van der Waals surface area contributed by atoms with E-state index in [0.717, 1.165) is 16.9 Å². The molecule has 0 saturated heterocycles. The maximum absolute atomic E-state index is 12.1. The summed E-state index contributed by atoms with van der Waals surface area (Å²) in [6, 6.07) is 7.36. The Hall–Kier alpha value is -3.00. The lowest BCUT2D eigenvalue weighted by Crippen LogP contribution is -2.10. The zero-order chi connectivity index (χ0) is 17.1. The number of nitrogens with one attached hydrogen (secondary N) is 2. The van der Waals surface area contributed by atoms with Crippen LogP contribution in [-0.4, -0.2) is 26.6 Å². The normalized spacial score (nSPS) is 10.4. The Labute approximate surface area is 142 Å². The van der Waals surface area contributed by atoms with E-state index in [-0.39, 0.29) is 11.8 Å². The van der Waals surface area contributed by atoms with Crippen LogP contribution in [0.4, 0.5) is 10.8 Å². The smallest absolute Gasteiger partial charge is 0.260 e. The molecule has 0 atom stereocenters. The fraction of sp³-hybridized carbons (Fsp3) is 0.125. The topological polar surface area (TPSA) is 88.9 Å². The highest BCUT2D eigenvalue weighted by atomic mass is 32.1. The summed E-state index contributed by atoms with van der Waals surface area (Å²) in [7, 11) is 1.75. The van der Waals surface area contributed by atoms with E-state index in [2.05, 4.69) is 20.7 Å². The summed E-state index contributed by atoms with van der Waals surface area (Å²) in [6.45, 7) is 1.46. The van der Waals surface area contributed by atoms with E-state index in [4.69, 9.17) is 0 Å². The molecule has 0 aliphatic carbocycles. The number of carbonyl (C=O) groups is 2. The number of thiazole rings is 1. The third kappa shape index (κ3) is 3.66. The lowest BCUT2D eigenvalue weighted by Gasteiger charge is -2.02. The SMILES string of the molecule is CC(=O)Nc1ccc(-c2csc(NC(=O)c3cnn(C)c3)n2)cc1. The first-order chi connectivity index (χ1) is 11.5. The molecule has 2 N–H and O–H groups in total. The summed E-state index contributed by atoms with van der Waals surface area (Å²) < 4.78 is 1.57. The molecule has 122 valence electrons. The maximum Gasteiger partial charge on any atom is 0.260 e. The van der Waals surface area contributed by atoms with Crippen LogP contribution in [0.2, 0.25) is 0 Å². The average molecular weight is 341 g/mol. The zero-order valence-electron chi connectivity index (χ0n) is 13.1. The van der Waals surface area contributed by atoms with Crippen molar-refractivity contribution in [1.29, 1.82) is 0 Å². The van der Waals surface area contributed by atoms with Gasteiger partial charge in [0.2, 0.25) is 5.91 Å². The second-order valence-electron chi connectivity index (χ2n) is 5.15. The van der Waals surface area contributed by atoms with Gasteiger partial charge in [-0.25, -0.2) is 4.98 Å². The number of amides is 2. The third-order valence-electron chi connectivity index (χ3n) is 3.19. The summed E-state index contributed by atoms with van der Waals surface area (Å²) in [6.07, 6.45) is 3.15. The predicted molar refractivity (Wildman–Crippen MR) is 93.0 cm³/mol. The molecular weight excluding hydrogens is 326 g/mol. The quantitative estimate of drug-likeness (QED) is 0.764. The summed E-state index contributed by atoms with van der Waals surface area (Å²) >= 11 is 1.35. The molecule has 2 heterocycles. The number of nitrogens with zero attached hydrogens (tertiary/aromatic N) is 3. The van der Waals surface area contributed by atoms with Crippen LogP contribution in [0.5, 0.6) is 0 Å². The van der Waals surface area contributed by atoms with Gasteiger partial charge in [-0.3, -0.25) is 19.6 Å². The standard InChI is InChI=1S/C16H15N5O2S/c1-10(22)18-13-5-3-11(4-6-13)14-9-24-16(19-14)20-15(23)12-7-17-21(2)8-12/h3-9H,1-2H3,(H,18,22)(H,19,20,23). The zero-order valence-corrected chi connectivity index (χ0v) is 13.9. The number of carbonyl (C=O) groups excluding carboxylic acids is 2. The molecule has 24 heavy (non-hydrogen) atoms. The van der Waals surface area contributed by atoms with Crippen LogP contribution < -0.4 is 10.6 Å². The number of hydrogen-bond donors (Lipinski definition) is 2. The highest BCUT2D eigenvalue weighted by molar-refractivity contribution is 7.14. The van der Waals surface area contributed by atoms with Gasteiger partial charge in [0.25, 0.3) is 5.91 Å². The van der Waals surface area contributed by atoms with Crippen LogP contribution in [0.1, 0.15) is 17.3 Å². The van der Waals surface area contributed by atoms with Gasteiger partial charge in [0.15, 0.2) is 5.13 Å². The van der Waals surface area contributed by atoms with Crippen molar-refractivity contribution in [3.63, 3.8) is 0 Å². The minimum absolute atomic E-state index is 0.114. The molecule has 2 amide bonds. The van der Waals surface area contributed by atoms with Gasteiger partial charge < -0.3 is 5.32 Å². The number of aryl methyl sites for hydroxylation is 1. The molecule has 0 radical (unpaired) electrons. The van der Waals surface area contributed by atoms with Crippen LogP contribution >= 0.6 is 11.3 Å². The molecular formula is C16H15N5O2S. The largest absolute Gasteiger partial charge is 0.326 e. The average Bonchev–Trinajstić information content (AvgIpc) is 3.17. The van der Waals surface area contributed by atoms with Crippen molar-refractivity contribution in [3.8, 4) is 11.3 Å². The molecule has 0 unspecified atom stereocenters. The van der Waals surface area contributed by atoms with E-state index in [1.807, 2.05) is 29.6 Å². The summed E-state index contributed by atoms with van der Waals surface area (Å²) in [4.78, 5) is 27.5. The predicted octanol–water partition coefficient (Wildman–Crippen LogP) is 2.75. The summed E-state index contributed by atoms with van der Waals surface area (Å²) in [5.41, 5.74) is 2.87. The van der Waals surface area contributed by atoms with Crippen molar-refractivity contribution in [2.75, 3.05) is 10.6 Å². The van der Waals surface area contributed by atoms with Crippen molar-refractivity contribution in [1.82, 2.24) is 14.8 Å². The van der Waals surface area contributed by atoms with Crippen LogP contribution in [-0.2, 0) is 11.8 Å². The molecule has 0 aliphatic heterocycles. The van der Waals surface area contributed by atoms with Crippen molar-refractivity contribution in [2.24, 2.45) is 7.05 Å². The highest BCUT2D eigenvalue weighted by Gasteiger charge is 2.11. The van der Waals surface area contributed by atoms with E-state index in [0.29, 0.717) is 10.7 Å². The van der Waals surface area contributed by atoms with Gasteiger partial charge in [0, 0.05) is 36.8 Å². The van der Waals surface area contributed by atoms with Gasteiger partial charge in [0.1, 0.15) is 0 Å². The fourth-order valence-corrected chi connectivity index (χ4v) is 2.81. The molecule has 1 aromatic carbocycles. The number of hydrogen-bond acceptors (Lipinski definition) is 5. The van der Waals surface area contributed by atoms with E-state index in [1.165, 1.54) is 24.5 Å². The molecule has 8 heteroatoms. The summed E-state index contributed by atoms with van der Waals surface area (Å²) in [5, 5.41) is 11.8. The Morgan fingerprint density at radius 2 is 1.92 bits per heavy atom. The van der Waals surface area contributed by atoms with Gasteiger partial charge in [-0.15, -0.1) is 11.3 Å². The first-order valence-electron chi connectivity index (χ1n) is 7.15. The van der Waals surface area contributed by atoms with Gasteiger partial charge in [-0.1, -0.05) is 12.1 Å². The molecule has 0 fully saturated rings. The molecule has 2 aromatic heterocycles. The maximum atomic E-state index is 12.1. The second kappa shape index (κ2) is 6.63. The van der Waals surface area contributed by atoms with E-state index in [9.17, 15) is 9.59 Å². The van der Waals surface area contributed by atoms with Gasteiger partial charge in [0.05, 0.1) is 17.5 Å². The molecule has 7 nitrogen and oxygen atoms in total.